The summed E-state index contributed by atoms with van der Waals surface area (Å²) in [5.41, 5.74) is 0.729. The number of aryl methyl sites for hydroxylation is 1. The summed E-state index contributed by atoms with van der Waals surface area (Å²) in [6, 6.07) is 1.03. The highest BCUT2D eigenvalue weighted by Gasteiger charge is 2.38. The Kier molecular flexibility index (Phi) is 3.84. The number of ether oxygens (including phenoxy) is 2. The van der Waals surface area contributed by atoms with Gasteiger partial charge in [-0.3, -0.25) is 0 Å². The van der Waals surface area contributed by atoms with Gasteiger partial charge in [-0.05, 0) is 6.92 Å². The molecule has 0 amide bonds. The van der Waals surface area contributed by atoms with Gasteiger partial charge in [0.2, 0.25) is 11.8 Å². The van der Waals surface area contributed by atoms with E-state index in [9.17, 15) is 9.90 Å². The number of carboxylic acid groups (broad SMARTS) is 1. The fourth-order valence-electron chi connectivity index (χ4n) is 2.18. The Morgan fingerprint density at radius 1 is 1.47 bits per heavy atom. The van der Waals surface area contributed by atoms with Crippen molar-refractivity contribution in [2.75, 3.05) is 25.7 Å². The highest BCUT2D eigenvalue weighted by Crippen LogP contribution is 2.26. The van der Waals surface area contributed by atoms with Crippen LogP contribution in [0.4, 0.5) is 5.95 Å². The lowest BCUT2D eigenvalue weighted by Gasteiger charge is -2.21. The van der Waals surface area contributed by atoms with E-state index in [1.165, 1.54) is 7.11 Å². The van der Waals surface area contributed by atoms with Crippen molar-refractivity contribution < 1.29 is 19.4 Å². The first kappa shape index (κ1) is 13.5. The Labute approximate surface area is 111 Å². The molecule has 2 atom stereocenters. The van der Waals surface area contributed by atoms with E-state index in [2.05, 4.69) is 9.97 Å². The molecule has 7 heteroatoms. The van der Waals surface area contributed by atoms with Crippen LogP contribution in [0.2, 0.25) is 0 Å². The van der Waals surface area contributed by atoms with Crippen molar-refractivity contribution in [3.05, 3.63) is 11.8 Å². The van der Waals surface area contributed by atoms with Crippen LogP contribution < -0.4 is 9.64 Å². The van der Waals surface area contributed by atoms with Crippen LogP contribution in [-0.2, 0) is 9.53 Å². The van der Waals surface area contributed by atoms with Crippen molar-refractivity contribution in [2.45, 2.75) is 25.5 Å². The standard InChI is InChI=1S/C12H17N3O4/c1-7-4-10(19-3)14-12(13-7)15-6-8(18-2)5-9(15)11(16)17/h4,8-9H,5-6H2,1-3H3,(H,16,17). The predicted molar refractivity (Wildman–Crippen MR) is 67.5 cm³/mol. The minimum absolute atomic E-state index is 0.129. The van der Waals surface area contributed by atoms with Crippen molar-refractivity contribution in [1.29, 1.82) is 0 Å². The molecule has 0 radical (unpaired) electrons. The Balaban J connectivity index is 2.33. The summed E-state index contributed by atoms with van der Waals surface area (Å²) in [6.07, 6.45) is 0.294. The third-order valence-electron chi connectivity index (χ3n) is 3.17. The van der Waals surface area contributed by atoms with Crippen LogP contribution in [0.25, 0.3) is 0 Å². The Morgan fingerprint density at radius 3 is 2.79 bits per heavy atom. The van der Waals surface area contributed by atoms with E-state index < -0.39 is 12.0 Å². The zero-order valence-corrected chi connectivity index (χ0v) is 11.2. The van der Waals surface area contributed by atoms with Gasteiger partial charge in [-0.25, -0.2) is 9.78 Å². The fraction of sp³-hybridized carbons (Fsp3) is 0.583. The largest absolute Gasteiger partial charge is 0.481 e. The van der Waals surface area contributed by atoms with E-state index in [0.29, 0.717) is 24.8 Å². The summed E-state index contributed by atoms with van der Waals surface area (Å²) in [4.78, 5) is 21.4. The van der Waals surface area contributed by atoms with Gasteiger partial charge in [-0.15, -0.1) is 0 Å². The molecular formula is C12H17N3O4. The first-order valence-electron chi connectivity index (χ1n) is 5.97. The van der Waals surface area contributed by atoms with E-state index in [-0.39, 0.29) is 6.10 Å². The van der Waals surface area contributed by atoms with Gasteiger partial charge in [-0.1, -0.05) is 0 Å². The third kappa shape index (κ3) is 2.76. The van der Waals surface area contributed by atoms with Crippen LogP contribution in [0.1, 0.15) is 12.1 Å². The normalized spacial score (nSPS) is 22.6. The molecule has 19 heavy (non-hydrogen) atoms. The Hall–Kier alpha value is -1.89. The maximum atomic E-state index is 11.3. The predicted octanol–water partition coefficient (Wildman–Crippen LogP) is 0.472. The van der Waals surface area contributed by atoms with Crippen LogP contribution in [0.3, 0.4) is 0 Å². The third-order valence-corrected chi connectivity index (χ3v) is 3.17. The SMILES string of the molecule is COc1cc(C)nc(N2CC(OC)CC2C(=O)O)n1. The van der Waals surface area contributed by atoms with Gasteiger partial charge in [0.05, 0.1) is 13.2 Å². The summed E-state index contributed by atoms with van der Waals surface area (Å²) in [7, 11) is 3.09. The van der Waals surface area contributed by atoms with Gasteiger partial charge >= 0.3 is 5.97 Å². The lowest BCUT2D eigenvalue weighted by molar-refractivity contribution is -0.138. The van der Waals surface area contributed by atoms with Crippen LogP contribution in [0.5, 0.6) is 5.88 Å². The molecule has 104 valence electrons. The maximum Gasteiger partial charge on any atom is 0.326 e. The minimum atomic E-state index is -0.899. The lowest BCUT2D eigenvalue weighted by atomic mass is 10.2. The molecule has 1 saturated heterocycles. The molecule has 0 saturated carbocycles. The topological polar surface area (TPSA) is 84.8 Å². The maximum absolute atomic E-state index is 11.3. The highest BCUT2D eigenvalue weighted by molar-refractivity contribution is 5.78. The summed E-state index contributed by atoms with van der Waals surface area (Å²) < 4.78 is 10.3. The summed E-state index contributed by atoms with van der Waals surface area (Å²) in [5.74, 6) is -0.111. The monoisotopic (exact) mass is 267 g/mol. The number of methoxy groups -OCH3 is 2. The number of rotatable bonds is 4. The average molecular weight is 267 g/mol. The van der Waals surface area contributed by atoms with E-state index in [0.717, 1.165) is 5.69 Å². The summed E-state index contributed by atoms with van der Waals surface area (Å²) in [5, 5.41) is 9.27. The molecule has 1 aliphatic heterocycles. The Bertz CT molecular complexity index is 480. The summed E-state index contributed by atoms with van der Waals surface area (Å²) in [6.45, 7) is 2.27. The number of aromatic nitrogens is 2. The Morgan fingerprint density at radius 2 is 2.21 bits per heavy atom. The molecule has 0 bridgehead atoms. The van der Waals surface area contributed by atoms with Crippen molar-refractivity contribution >= 4 is 11.9 Å². The van der Waals surface area contributed by atoms with Crippen molar-refractivity contribution in [3.63, 3.8) is 0 Å². The van der Waals surface area contributed by atoms with E-state index >= 15 is 0 Å². The molecule has 0 spiro atoms. The molecule has 2 rings (SSSR count). The van der Waals surface area contributed by atoms with Crippen LogP contribution >= 0.6 is 0 Å². The van der Waals surface area contributed by atoms with Gasteiger partial charge in [0, 0.05) is 31.8 Å². The van der Waals surface area contributed by atoms with Gasteiger partial charge in [0.1, 0.15) is 6.04 Å². The van der Waals surface area contributed by atoms with E-state index in [1.54, 1.807) is 18.1 Å². The molecule has 0 aliphatic carbocycles. The van der Waals surface area contributed by atoms with E-state index in [4.69, 9.17) is 9.47 Å². The van der Waals surface area contributed by atoms with Gasteiger partial charge in [0.25, 0.3) is 0 Å². The van der Waals surface area contributed by atoms with Gasteiger partial charge in [0.15, 0.2) is 0 Å². The molecule has 1 aromatic heterocycles. The van der Waals surface area contributed by atoms with Crippen LogP contribution in [-0.4, -0.2) is 54.0 Å². The first-order chi connectivity index (χ1) is 9.05. The second kappa shape index (κ2) is 5.40. The zero-order chi connectivity index (χ0) is 14.0. The fourth-order valence-corrected chi connectivity index (χ4v) is 2.18. The number of carboxylic acids is 1. The molecule has 2 unspecified atom stereocenters. The molecule has 1 aliphatic rings. The molecular weight excluding hydrogens is 250 g/mol. The van der Waals surface area contributed by atoms with Crippen molar-refractivity contribution in [2.24, 2.45) is 0 Å². The van der Waals surface area contributed by atoms with E-state index in [1.807, 2.05) is 6.92 Å². The van der Waals surface area contributed by atoms with Crippen molar-refractivity contribution in [3.8, 4) is 5.88 Å². The van der Waals surface area contributed by atoms with Crippen LogP contribution in [0, 0.1) is 6.92 Å². The number of hydrogen-bond acceptors (Lipinski definition) is 6. The number of nitrogens with zero attached hydrogens (tertiary/aromatic N) is 3. The molecule has 0 aromatic carbocycles. The molecule has 1 aromatic rings. The van der Waals surface area contributed by atoms with Crippen molar-refractivity contribution in [1.82, 2.24) is 9.97 Å². The minimum Gasteiger partial charge on any atom is -0.481 e. The quantitative estimate of drug-likeness (QED) is 0.848. The molecule has 1 fully saturated rings. The number of hydrogen-bond donors (Lipinski definition) is 1. The zero-order valence-electron chi connectivity index (χ0n) is 11.2. The highest BCUT2D eigenvalue weighted by atomic mass is 16.5. The molecule has 2 heterocycles. The molecule has 7 nitrogen and oxygen atoms in total. The summed E-state index contributed by atoms with van der Waals surface area (Å²) >= 11 is 0. The second-order valence-corrected chi connectivity index (χ2v) is 4.45. The number of anilines is 1. The lowest BCUT2D eigenvalue weighted by Crippen LogP contribution is -2.37. The van der Waals surface area contributed by atoms with Crippen LogP contribution in [0.15, 0.2) is 6.07 Å². The molecule has 1 N–H and O–H groups in total. The smallest absolute Gasteiger partial charge is 0.326 e. The van der Waals surface area contributed by atoms with Gasteiger partial charge in [-0.2, -0.15) is 4.98 Å². The van der Waals surface area contributed by atoms with Gasteiger partial charge < -0.3 is 19.5 Å². The average Bonchev–Trinajstić information content (AvgIpc) is 2.82. The number of carbonyl (C=O) groups is 1. The first-order valence-corrected chi connectivity index (χ1v) is 5.97. The second-order valence-electron chi connectivity index (χ2n) is 4.45. The number of aliphatic carboxylic acids is 1.